The summed E-state index contributed by atoms with van der Waals surface area (Å²) in [5.41, 5.74) is -1.57. The van der Waals surface area contributed by atoms with Gasteiger partial charge in [0.05, 0.1) is 35.7 Å². The summed E-state index contributed by atoms with van der Waals surface area (Å²) in [6.45, 7) is 5.25. The van der Waals surface area contributed by atoms with Gasteiger partial charge >= 0.3 is 12.4 Å². The molecule has 1 aliphatic heterocycles. The number of halogens is 6. The third kappa shape index (κ3) is 6.13. The first kappa shape index (κ1) is 26.1. The van der Waals surface area contributed by atoms with E-state index in [1.54, 1.807) is 12.2 Å². The molecule has 3 rings (SSSR count). The lowest BCUT2D eigenvalue weighted by molar-refractivity contribution is -0.143. The minimum atomic E-state index is -4.93. The molecule has 2 unspecified atom stereocenters. The van der Waals surface area contributed by atoms with Crippen LogP contribution in [-0.4, -0.2) is 23.9 Å². The molecule has 1 aromatic rings. The molecular weight excluding hydrogens is 462 g/mol. The fourth-order valence-electron chi connectivity index (χ4n) is 4.20. The van der Waals surface area contributed by atoms with Crippen molar-refractivity contribution in [2.75, 3.05) is 6.61 Å². The van der Waals surface area contributed by atoms with Crippen molar-refractivity contribution in [1.29, 1.82) is 0 Å². The van der Waals surface area contributed by atoms with Gasteiger partial charge in [-0.05, 0) is 67.2 Å². The normalized spacial score (nSPS) is 22.9. The number of benzene rings is 1. The van der Waals surface area contributed by atoms with E-state index in [2.05, 4.69) is 6.58 Å². The van der Waals surface area contributed by atoms with Gasteiger partial charge in [-0.3, -0.25) is 0 Å². The molecule has 0 amide bonds. The Balaban J connectivity index is 1.93. The Morgan fingerprint density at radius 2 is 1.79 bits per heavy atom. The SMILES string of the molecule is C=CC[C@@H](O)C1=C(C2C=CCCC2O[C@H](C)c2cc(C(F)(F)F)cc(C(F)(F)F)c2)COC=C1. The van der Waals surface area contributed by atoms with Crippen LogP contribution in [0.5, 0.6) is 0 Å². The fraction of sp³-hybridized carbons (Fsp3) is 0.440. The van der Waals surface area contributed by atoms with Crippen molar-refractivity contribution in [2.45, 2.75) is 56.9 Å². The molecule has 0 bridgehead atoms. The molecule has 34 heavy (non-hydrogen) atoms. The molecule has 2 aliphatic rings. The topological polar surface area (TPSA) is 38.7 Å². The Hall–Kier alpha value is -2.52. The molecule has 0 radical (unpaired) electrons. The quantitative estimate of drug-likeness (QED) is 0.335. The maximum Gasteiger partial charge on any atom is 0.416 e. The third-order valence-electron chi connectivity index (χ3n) is 5.92. The summed E-state index contributed by atoms with van der Waals surface area (Å²) in [4.78, 5) is 0. The van der Waals surface area contributed by atoms with Gasteiger partial charge in [0.1, 0.15) is 6.61 Å². The summed E-state index contributed by atoms with van der Waals surface area (Å²) < 4.78 is 91.1. The molecule has 4 atom stereocenters. The molecule has 0 saturated carbocycles. The number of rotatable bonds is 7. The second kappa shape index (κ2) is 10.4. The van der Waals surface area contributed by atoms with E-state index in [9.17, 15) is 31.4 Å². The first-order valence-corrected chi connectivity index (χ1v) is 10.8. The van der Waals surface area contributed by atoms with E-state index in [0.29, 0.717) is 37.0 Å². The number of hydrogen-bond donors (Lipinski definition) is 1. The van der Waals surface area contributed by atoms with Crippen molar-refractivity contribution in [3.8, 4) is 0 Å². The molecule has 9 heteroatoms. The highest BCUT2D eigenvalue weighted by Crippen LogP contribution is 2.40. The van der Waals surface area contributed by atoms with E-state index in [-0.39, 0.29) is 24.2 Å². The van der Waals surface area contributed by atoms with Crippen LogP contribution in [0.2, 0.25) is 0 Å². The summed E-state index contributed by atoms with van der Waals surface area (Å²) >= 11 is 0. The summed E-state index contributed by atoms with van der Waals surface area (Å²) in [5, 5.41) is 10.5. The van der Waals surface area contributed by atoms with E-state index in [0.717, 1.165) is 5.57 Å². The monoisotopic (exact) mass is 488 g/mol. The molecule has 1 N–H and O–H groups in total. The van der Waals surface area contributed by atoms with E-state index in [4.69, 9.17) is 9.47 Å². The van der Waals surface area contributed by atoms with Gasteiger partial charge in [-0.1, -0.05) is 18.2 Å². The van der Waals surface area contributed by atoms with Crippen LogP contribution in [0, 0.1) is 5.92 Å². The van der Waals surface area contributed by atoms with Crippen LogP contribution in [-0.2, 0) is 21.8 Å². The fourth-order valence-corrected chi connectivity index (χ4v) is 4.20. The van der Waals surface area contributed by atoms with Crippen LogP contribution in [0.25, 0.3) is 0 Å². The Labute approximate surface area is 194 Å². The van der Waals surface area contributed by atoms with Gasteiger partial charge in [0.15, 0.2) is 0 Å². The highest BCUT2D eigenvalue weighted by molar-refractivity contribution is 5.37. The Morgan fingerprint density at radius 3 is 2.38 bits per heavy atom. The molecular formula is C25H26F6O3. The number of ether oxygens (including phenoxy) is 2. The van der Waals surface area contributed by atoms with Crippen LogP contribution in [0.1, 0.15) is 49.0 Å². The summed E-state index contributed by atoms with van der Waals surface area (Å²) in [5.74, 6) is -0.358. The Morgan fingerprint density at radius 1 is 1.15 bits per heavy atom. The van der Waals surface area contributed by atoms with Gasteiger partial charge in [0, 0.05) is 5.92 Å². The van der Waals surface area contributed by atoms with Gasteiger partial charge in [-0.2, -0.15) is 26.3 Å². The Kier molecular flexibility index (Phi) is 7.98. The number of hydrogen-bond acceptors (Lipinski definition) is 3. The molecule has 1 aromatic carbocycles. The molecule has 1 aliphatic carbocycles. The highest BCUT2D eigenvalue weighted by Gasteiger charge is 2.38. The minimum Gasteiger partial charge on any atom is -0.497 e. The summed E-state index contributed by atoms with van der Waals surface area (Å²) in [7, 11) is 0. The molecule has 1 heterocycles. The van der Waals surface area contributed by atoms with Crippen LogP contribution in [0.3, 0.4) is 0 Å². The lowest BCUT2D eigenvalue weighted by Gasteiger charge is -2.34. The lowest BCUT2D eigenvalue weighted by Crippen LogP contribution is -2.31. The summed E-state index contributed by atoms with van der Waals surface area (Å²) in [6.07, 6.45) is -2.27. The van der Waals surface area contributed by atoms with Crippen molar-refractivity contribution in [3.63, 3.8) is 0 Å². The molecule has 0 saturated heterocycles. The van der Waals surface area contributed by atoms with Gasteiger partial charge in [-0.15, -0.1) is 6.58 Å². The molecule has 0 fully saturated rings. The largest absolute Gasteiger partial charge is 0.497 e. The smallest absolute Gasteiger partial charge is 0.416 e. The average Bonchev–Trinajstić information content (AvgIpc) is 2.78. The number of allylic oxidation sites excluding steroid dienone is 1. The first-order valence-electron chi connectivity index (χ1n) is 10.8. The second-order valence-electron chi connectivity index (χ2n) is 8.32. The van der Waals surface area contributed by atoms with Crippen molar-refractivity contribution in [1.82, 2.24) is 0 Å². The standard InChI is InChI=1S/C25H26F6O3/c1-3-6-22(32)19-9-10-33-14-21(19)20-7-4-5-8-23(20)34-15(2)16-11-17(24(26,27)28)13-18(12-16)25(29,30)31/h3-4,7,9-13,15,20,22-23,32H,1,5-6,8,14H2,2H3/t15-,20?,22-,23?/m1/s1. The minimum absolute atomic E-state index is 0.103. The van der Waals surface area contributed by atoms with Gasteiger partial charge in [0.25, 0.3) is 0 Å². The number of aliphatic hydroxyl groups excluding tert-OH is 1. The predicted octanol–water partition coefficient (Wildman–Crippen LogP) is 6.91. The molecule has 3 nitrogen and oxygen atoms in total. The zero-order chi connectivity index (χ0) is 25.1. The van der Waals surface area contributed by atoms with Crippen molar-refractivity contribution < 1.29 is 40.9 Å². The number of aliphatic hydroxyl groups is 1. The van der Waals surface area contributed by atoms with Crippen LogP contribution in [0.4, 0.5) is 26.3 Å². The van der Waals surface area contributed by atoms with E-state index >= 15 is 0 Å². The van der Waals surface area contributed by atoms with Crippen molar-refractivity contribution in [3.05, 3.63) is 83.2 Å². The van der Waals surface area contributed by atoms with Crippen molar-refractivity contribution in [2.24, 2.45) is 5.92 Å². The van der Waals surface area contributed by atoms with Crippen LogP contribution < -0.4 is 0 Å². The Bertz CT molecular complexity index is 942. The maximum absolute atomic E-state index is 13.3. The third-order valence-corrected chi connectivity index (χ3v) is 5.92. The maximum atomic E-state index is 13.3. The van der Waals surface area contributed by atoms with E-state index in [1.807, 2.05) is 12.2 Å². The van der Waals surface area contributed by atoms with Gasteiger partial charge in [0.2, 0.25) is 0 Å². The summed E-state index contributed by atoms with van der Waals surface area (Å²) in [6, 6.07) is 1.49. The van der Waals surface area contributed by atoms with Crippen LogP contribution in [0.15, 0.2) is 66.5 Å². The number of alkyl halides is 6. The average molecular weight is 488 g/mol. The van der Waals surface area contributed by atoms with Crippen molar-refractivity contribution >= 4 is 0 Å². The van der Waals surface area contributed by atoms with E-state index < -0.39 is 41.8 Å². The molecule has 0 spiro atoms. The van der Waals surface area contributed by atoms with Gasteiger partial charge < -0.3 is 14.6 Å². The first-order chi connectivity index (χ1) is 15.9. The molecule has 186 valence electrons. The predicted molar refractivity (Wildman–Crippen MR) is 115 cm³/mol. The lowest BCUT2D eigenvalue weighted by atomic mass is 9.82. The molecule has 0 aromatic heterocycles. The zero-order valence-corrected chi connectivity index (χ0v) is 18.5. The highest BCUT2D eigenvalue weighted by atomic mass is 19.4. The second-order valence-corrected chi connectivity index (χ2v) is 8.32. The van der Waals surface area contributed by atoms with Crippen LogP contribution >= 0.6 is 0 Å². The van der Waals surface area contributed by atoms with E-state index in [1.165, 1.54) is 13.2 Å². The zero-order valence-electron chi connectivity index (χ0n) is 18.5. The van der Waals surface area contributed by atoms with Gasteiger partial charge in [-0.25, -0.2) is 0 Å².